The average Bonchev–Trinajstić information content (AvgIpc) is 3.03. The van der Waals surface area contributed by atoms with Crippen LogP contribution in [0, 0.1) is 6.92 Å². The van der Waals surface area contributed by atoms with Gasteiger partial charge in [0.1, 0.15) is 5.75 Å². The van der Waals surface area contributed by atoms with Crippen molar-refractivity contribution in [1.29, 1.82) is 0 Å². The molecule has 1 N–H and O–H groups in total. The maximum Gasteiger partial charge on any atom is 0.230 e. The highest BCUT2D eigenvalue weighted by Gasteiger charge is 2.18. The molecule has 8 heteroatoms. The van der Waals surface area contributed by atoms with Gasteiger partial charge < -0.3 is 19.5 Å². The number of aryl methyl sites for hydroxylation is 1. The number of carbonyl (C=O) groups excluding carboxylic acids is 1. The number of amides is 1. The number of ether oxygens (including phenoxy) is 3. The van der Waals surface area contributed by atoms with Gasteiger partial charge in [0, 0.05) is 17.4 Å². The summed E-state index contributed by atoms with van der Waals surface area (Å²) in [6.45, 7) is 3.13. The standard InChI is InChI=1S/C22H21ClN2O4S/c1-13-4-5-18(27-2)15(8-13)17-12-30-22(24-17)25-20(26)11-14-9-16(23)21-19(10-14)28-6-3-7-29-21/h4-5,8-10,12H,3,6-7,11H2,1-2H3,(H,24,25,26). The number of hydrogen-bond acceptors (Lipinski definition) is 6. The molecule has 2 heterocycles. The molecular weight excluding hydrogens is 424 g/mol. The van der Waals surface area contributed by atoms with Crippen LogP contribution >= 0.6 is 22.9 Å². The van der Waals surface area contributed by atoms with Crippen molar-refractivity contribution >= 4 is 34.0 Å². The van der Waals surface area contributed by atoms with E-state index in [-0.39, 0.29) is 12.3 Å². The zero-order valence-corrected chi connectivity index (χ0v) is 18.2. The van der Waals surface area contributed by atoms with Crippen LogP contribution in [0.1, 0.15) is 17.5 Å². The lowest BCUT2D eigenvalue weighted by molar-refractivity contribution is -0.115. The van der Waals surface area contributed by atoms with Gasteiger partial charge in [-0.3, -0.25) is 4.79 Å². The highest BCUT2D eigenvalue weighted by molar-refractivity contribution is 7.14. The number of methoxy groups -OCH3 is 1. The molecule has 0 fully saturated rings. The third-order valence-corrected chi connectivity index (χ3v) is 5.65. The van der Waals surface area contributed by atoms with E-state index in [4.69, 9.17) is 25.8 Å². The normalized spacial score (nSPS) is 12.9. The average molecular weight is 445 g/mol. The number of benzene rings is 2. The monoisotopic (exact) mass is 444 g/mol. The molecule has 0 bridgehead atoms. The second kappa shape index (κ2) is 8.93. The van der Waals surface area contributed by atoms with Gasteiger partial charge in [-0.2, -0.15) is 0 Å². The molecule has 0 spiro atoms. The number of thiazole rings is 1. The molecule has 4 rings (SSSR count). The van der Waals surface area contributed by atoms with Gasteiger partial charge in [0.2, 0.25) is 5.91 Å². The van der Waals surface area contributed by atoms with E-state index in [9.17, 15) is 4.79 Å². The third-order valence-electron chi connectivity index (χ3n) is 4.61. The Kier molecular flexibility index (Phi) is 6.11. The maximum absolute atomic E-state index is 12.6. The first-order valence-corrected chi connectivity index (χ1v) is 10.8. The molecule has 3 aromatic rings. The van der Waals surface area contributed by atoms with Gasteiger partial charge in [-0.05, 0) is 36.8 Å². The largest absolute Gasteiger partial charge is 0.496 e. The molecule has 0 saturated heterocycles. The lowest BCUT2D eigenvalue weighted by Gasteiger charge is -2.11. The number of anilines is 1. The Morgan fingerprint density at radius 1 is 1.27 bits per heavy atom. The molecule has 1 aliphatic heterocycles. The van der Waals surface area contributed by atoms with E-state index in [1.807, 2.05) is 30.5 Å². The van der Waals surface area contributed by atoms with Crippen molar-refractivity contribution in [2.45, 2.75) is 19.8 Å². The Balaban J connectivity index is 1.48. The van der Waals surface area contributed by atoms with Crippen molar-refractivity contribution in [2.75, 3.05) is 25.6 Å². The van der Waals surface area contributed by atoms with Crippen molar-refractivity contribution in [3.05, 3.63) is 51.9 Å². The number of fused-ring (bicyclic) bond motifs is 1. The van der Waals surface area contributed by atoms with Gasteiger partial charge in [-0.15, -0.1) is 11.3 Å². The zero-order valence-electron chi connectivity index (χ0n) is 16.7. The van der Waals surface area contributed by atoms with E-state index in [2.05, 4.69) is 10.3 Å². The minimum absolute atomic E-state index is 0.152. The fraction of sp³-hybridized carbons (Fsp3) is 0.273. The van der Waals surface area contributed by atoms with Crippen LogP contribution < -0.4 is 19.5 Å². The summed E-state index contributed by atoms with van der Waals surface area (Å²) in [6, 6.07) is 9.45. The molecule has 1 aliphatic rings. The summed E-state index contributed by atoms with van der Waals surface area (Å²) in [6.07, 6.45) is 0.942. The molecule has 0 atom stereocenters. The fourth-order valence-corrected chi connectivity index (χ4v) is 4.23. The third kappa shape index (κ3) is 4.52. The van der Waals surface area contributed by atoms with Crippen LogP contribution in [-0.4, -0.2) is 31.2 Å². The number of aromatic nitrogens is 1. The van der Waals surface area contributed by atoms with E-state index in [1.54, 1.807) is 19.2 Å². The molecule has 1 aromatic heterocycles. The van der Waals surface area contributed by atoms with Crippen LogP contribution in [0.25, 0.3) is 11.3 Å². The highest BCUT2D eigenvalue weighted by atomic mass is 35.5. The molecule has 0 saturated carbocycles. The summed E-state index contributed by atoms with van der Waals surface area (Å²) in [5.74, 6) is 1.67. The SMILES string of the molecule is COc1ccc(C)cc1-c1csc(NC(=O)Cc2cc(Cl)c3c(c2)OCCCO3)n1. The summed E-state index contributed by atoms with van der Waals surface area (Å²) >= 11 is 7.68. The Hall–Kier alpha value is -2.77. The molecular formula is C22H21ClN2O4S. The van der Waals surface area contributed by atoms with Crippen molar-refractivity contribution in [2.24, 2.45) is 0 Å². The van der Waals surface area contributed by atoms with Crippen LogP contribution in [-0.2, 0) is 11.2 Å². The fourth-order valence-electron chi connectivity index (χ4n) is 3.21. The van der Waals surface area contributed by atoms with Crippen molar-refractivity contribution < 1.29 is 19.0 Å². The van der Waals surface area contributed by atoms with Gasteiger partial charge in [0.25, 0.3) is 0 Å². The summed E-state index contributed by atoms with van der Waals surface area (Å²) in [5, 5.41) is 5.73. The smallest absolute Gasteiger partial charge is 0.230 e. The number of hydrogen-bond donors (Lipinski definition) is 1. The van der Waals surface area contributed by atoms with Gasteiger partial charge in [0.15, 0.2) is 16.6 Å². The maximum atomic E-state index is 12.6. The van der Waals surface area contributed by atoms with Gasteiger partial charge in [-0.1, -0.05) is 23.2 Å². The number of rotatable bonds is 5. The van der Waals surface area contributed by atoms with Gasteiger partial charge in [0.05, 0.1) is 37.5 Å². The molecule has 6 nitrogen and oxygen atoms in total. The quantitative estimate of drug-likeness (QED) is 0.591. The molecule has 0 aliphatic carbocycles. The summed E-state index contributed by atoms with van der Waals surface area (Å²) in [4.78, 5) is 17.1. The van der Waals surface area contributed by atoms with E-state index < -0.39 is 0 Å². The second-order valence-electron chi connectivity index (χ2n) is 6.92. The second-order valence-corrected chi connectivity index (χ2v) is 8.19. The molecule has 30 heavy (non-hydrogen) atoms. The van der Waals surface area contributed by atoms with Crippen molar-refractivity contribution in [3.63, 3.8) is 0 Å². The van der Waals surface area contributed by atoms with Crippen LogP contribution in [0.2, 0.25) is 5.02 Å². The lowest BCUT2D eigenvalue weighted by Crippen LogP contribution is -2.14. The first kappa shape index (κ1) is 20.5. The number of carbonyl (C=O) groups is 1. The first-order chi connectivity index (χ1) is 14.5. The predicted octanol–water partition coefficient (Wildman–Crippen LogP) is 5.12. The van der Waals surface area contributed by atoms with Crippen molar-refractivity contribution in [3.8, 4) is 28.5 Å². The Bertz CT molecular complexity index is 1080. The lowest BCUT2D eigenvalue weighted by atomic mass is 10.1. The number of nitrogens with one attached hydrogen (secondary N) is 1. The summed E-state index contributed by atoms with van der Waals surface area (Å²) < 4.78 is 16.8. The molecule has 0 radical (unpaired) electrons. The van der Waals surface area contributed by atoms with Crippen LogP contribution in [0.15, 0.2) is 35.7 Å². The van der Waals surface area contributed by atoms with Gasteiger partial charge in [-0.25, -0.2) is 4.98 Å². The Morgan fingerprint density at radius 2 is 2.10 bits per heavy atom. The number of nitrogens with zero attached hydrogens (tertiary/aromatic N) is 1. The van der Waals surface area contributed by atoms with Crippen LogP contribution in [0.5, 0.6) is 17.2 Å². The van der Waals surface area contributed by atoms with Crippen LogP contribution in [0.3, 0.4) is 0 Å². The Morgan fingerprint density at radius 3 is 2.93 bits per heavy atom. The number of halogens is 1. The van der Waals surface area contributed by atoms with Gasteiger partial charge >= 0.3 is 0 Å². The zero-order chi connectivity index (χ0) is 21.1. The summed E-state index contributed by atoms with van der Waals surface area (Å²) in [7, 11) is 1.63. The first-order valence-electron chi connectivity index (χ1n) is 9.52. The highest BCUT2D eigenvalue weighted by Crippen LogP contribution is 2.38. The van der Waals surface area contributed by atoms with E-state index in [0.29, 0.717) is 34.9 Å². The Labute approximate surface area is 183 Å². The molecule has 0 unspecified atom stereocenters. The van der Waals surface area contributed by atoms with E-state index in [1.165, 1.54) is 11.3 Å². The van der Waals surface area contributed by atoms with E-state index >= 15 is 0 Å². The van der Waals surface area contributed by atoms with E-state index in [0.717, 1.165) is 34.6 Å². The summed E-state index contributed by atoms with van der Waals surface area (Å²) in [5.41, 5.74) is 3.51. The topological polar surface area (TPSA) is 69.7 Å². The van der Waals surface area contributed by atoms with Crippen LogP contribution in [0.4, 0.5) is 5.13 Å². The van der Waals surface area contributed by atoms with Crippen molar-refractivity contribution in [1.82, 2.24) is 4.98 Å². The minimum atomic E-state index is -0.183. The minimum Gasteiger partial charge on any atom is -0.496 e. The molecule has 2 aromatic carbocycles. The predicted molar refractivity (Wildman–Crippen MR) is 118 cm³/mol. The molecule has 1 amide bonds. The molecule has 156 valence electrons.